The van der Waals surface area contributed by atoms with Gasteiger partial charge in [-0.15, -0.1) is 0 Å². The Bertz CT molecular complexity index is 556. The minimum Gasteiger partial charge on any atom is -0.744 e. The van der Waals surface area contributed by atoms with Crippen molar-refractivity contribution < 1.29 is 64.4 Å². The van der Waals surface area contributed by atoms with Crippen molar-refractivity contribution in [1.82, 2.24) is 0 Å². The van der Waals surface area contributed by atoms with E-state index in [2.05, 4.69) is 6.92 Å². The van der Waals surface area contributed by atoms with Gasteiger partial charge in [-0.3, -0.25) is 0 Å². The van der Waals surface area contributed by atoms with Gasteiger partial charge in [0.25, 0.3) is 0 Å². The summed E-state index contributed by atoms with van der Waals surface area (Å²) < 4.78 is 34.2. The number of aryl methyl sites for hydroxylation is 2. The molecule has 0 aromatic heterocycles. The summed E-state index contributed by atoms with van der Waals surface area (Å²) in [6.07, 6.45) is 13.1. The topological polar surface area (TPSA) is 57.2 Å². The molecule has 0 fully saturated rings. The van der Waals surface area contributed by atoms with E-state index in [9.17, 15) is 13.0 Å². The van der Waals surface area contributed by atoms with Gasteiger partial charge in [0, 0.05) is 0 Å². The third kappa shape index (κ3) is 10.0. The van der Waals surface area contributed by atoms with Crippen LogP contribution in [0.4, 0.5) is 0 Å². The van der Waals surface area contributed by atoms with Crippen LogP contribution in [0.5, 0.6) is 0 Å². The van der Waals surface area contributed by atoms with E-state index >= 15 is 0 Å². The molecule has 1 rings (SSSR count). The molecule has 0 aliphatic rings. The molecular weight excluding hydrogens is 347 g/mol. The fourth-order valence-corrected chi connectivity index (χ4v) is 4.02. The van der Waals surface area contributed by atoms with E-state index in [1.807, 2.05) is 6.07 Å². The Balaban J connectivity index is 0.00000529. The van der Waals surface area contributed by atoms with Gasteiger partial charge in [0.15, 0.2) is 0 Å². The van der Waals surface area contributed by atoms with Gasteiger partial charge in [-0.1, -0.05) is 82.9 Å². The molecule has 0 unspecified atom stereocenters. The second-order valence-corrected chi connectivity index (χ2v) is 7.77. The first-order chi connectivity index (χ1) is 11.0. The summed E-state index contributed by atoms with van der Waals surface area (Å²) >= 11 is 0. The van der Waals surface area contributed by atoms with E-state index in [1.165, 1.54) is 51.4 Å². The van der Waals surface area contributed by atoms with E-state index in [4.69, 9.17) is 0 Å². The zero-order valence-corrected chi connectivity index (χ0v) is 19.6. The second kappa shape index (κ2) is 13.9. The van der Waals surface area contributed by atoms with Gasteiger partial charge in [0.1, 0.15) is 10.1 Å². The quantitative estimate of drug-likeness (QED) is 0.319. The molecule has 3 nitrogen and oxygen atoms in total. The molecule has 0 aliphatic carbocycles. The molecule has 5 heteroatoms. The summed E-state index contributed by atoms with van der Waals surface area (Å²) in [5.74, 6) is 0. The fraction of sp³-hybridized carbons (Fsp3) is 0.684. The molecule has 0 amide bonds. The van der Waals surface area contributed by atoms with E-state index in [0.29, 0.717) is 17.5 Å². The van der Waals surface area contributed by atoms with E-state index in [-0.39, 0.29) is 56.3 Å². The van der Waals surface area contributed by atoms with Crippen molar-refractivity contribution in [2.45, 2.75) is 89.4 Å². The Hall–Kier alpha value is 0.766. The van der Waals surface area contributed by atoms with Gasteiger partial charge in [0.05, 0.1) is 4.90 Å². The molecule has 24 heavy (non-hydrogen) atoms. The smallest absolute Gasteiger partial charge is 0.744 e. The Morgan fingerprint density at radius 3 is 1.88 bits per heavy atom. The monoisotopic (exact) mass is 378 g/mol. The molecule has 0 bridgehead atoms. The molecule has 0 radical (unpaired) electrons. The van der Waals surface area contributed by atoms with Gasteiger partial charge in [-0.05, 0) is 30.9 Å². The zero-order valence-electron chi connectivity index (χ0n) is 15.6. The maximum absolute atomic E-state index is 11.4. The molecule has 0 heterocycles. The Morgan fingerprint density at radius 1 is 0.875 bits per heavy atom. The van der Waals surface area contributed by atoms with Gasteiger partial charge in [-0.25, -0.2) is 8.42 Å². The van der Waals surface area contributed by atoms with Gasteiger partial charge >= 0.3 is 51.4 Å². The second-order valence-electron chi connectivity index (χ2n) is 6.45. The minimum absolute atomic E-state index is 0. The van der Waals surface area contributed by atoms with Crippen molar-refractivity contribution in [3.05, 3.63) is 29.3 Å². The number of benzene rings is 1. The van der Waals surface area contributed by atoms with Crippen LogP contribution in [0.3, 0.4) is 0 Å². The summed E-state index contributed by atoms with van der Waals surface area (Å²) in [5, 5.41) is 0. The number of hydrogen-bond donors (Lipinski definition) is 0. The zero-order chi connectivity index (χ0) is 17.1. The molecule has 0 aliphatic heterocycles. The molecule has 0 atom stereocenters. The Kier molecular flexibility index (Phi) is 14.3. The molecule has 1 aromatic rings. The fourth-order valence-electron chi connectivity index (χ4n) is 3.07. The molecule has 0 spiro atoms. The van der Waals surface area contributed by atoms with Crippen molar-refractivity contribution in [2.24, 2.45) is 0 Å². The Morgan fingerprint density at radius 2 is 1.38 bits per heavy atom. The molecule has 1 aromatic carbocycles. The van der Waals surface area contributed by atoms with Crippen LogP contribution < -0.4 is 51.4 Å². The molecule has 0 N–H and O–H groups in total. The standard InChI is InChI=1S/C19H32O3S.K/c1-3-4-5-6-7-8-9-10-11-12-15-18-16-13-14-17(2)19(18)23(20,21)22;/h13-14,16H,3-12,15H2,1-2H3,(H,20,21,22);/q;+1/p-1. The molecule has 0 saturated carbocycles. The maximum atomic E-state index is 11.4. The molecule has 132 valence electrons. The van der Waals surface area contributed by atoms with Crippen LogP contribution in [0.2, 0.25) is 0 Å². The average molecular weight is 379 g/mol. The Labute approximate surface area is 191 Å². The van der Waals surface area contributed by atoms with E-state index in [0.717, 1.165) is 12.8 Å². The summed E-state index contributed by atoms with van der Waals surface area (Å²) in [7, 11) is -4.38. The van der Waals surface area contributed by atoms with Crippen molar-refractivity contribution in [2.75, 3.05) is 0 Å². The van der Waals surface area contributed by atoms with Crippen LogP contribution in [-0.2, 0) is 16.5 Å². The van der Waals surface area contributed by atoms with Gasteiger partial charge < -0.3 is 4.55 Å². The van der Waals surface area contributed by atoms with Crippen molar-refractivity contribution >= 4 is 10.1 Å². The molecular formula is C19H31KO3S. The largest absolute Gasteiger partial charge is 1.00 e. The summed E-state index contributed by atoms with van der Waals surface area (Å²) in [5.41, 5.74) is 1.24. The van der Waals surface area contributed by atoms with Crippen LogP contribution in [0, 0.1) is 6.92 Å². The van der Waals surface area contributed by atoms with Crippen LogP contribution in [0.15, 0.2) is 23.1 Å². The van der Waals surface area contributed by atoms with Crippen molar-refractivity contribution in [3.63, 3.8) is 0 Å². The first-order valence-electron chi connectivity index (χ1n) is 9.01. The van der Waals surface area contributed by atoms with Gasteiger partial charge in [-0.2, -0.15) is 0 Å². The first-order valence-corrected chi connectivity index (χ1v) is 10.4. The van der Waals surface area contributed by atoms with E-state index in [1.54, 1.807) is 19.1 Å². The average Bonchev–Trinajstić information content (AvgIpc) is 2.48. The molecule has 0 saturated heterocycles. The first kappa shape index (κ1) is 24.8. The van der Waals surface area contributed by atoms with Crippen molar-refractivity contribution in [1.29, 1.82) is 0 Å². The van der Waals surface area contributed by atoms with Gasteiger partial charge in [0.2, 0.25) is 0 Å². The predicted molar refractivity (Wildman–Crippen MR) is 94.7 cm³/mol. The summed E-state index contributed by atoms with van der Waals surface area (Å²) in [4.78, 5) is -0.00377. The van der Waals surface area contributed by atoms with E-state index < -0.39 is 10.1 Å². The van der Waals surface area contributed by atoms with Crippen LogP contribution in [0.25, 0.3) is 0 Å². The van der Waals surface area contributed by atoms with Crippen LogP contribution >= 0.6 is 0 Å². The summed E-state index contributed by atoms with van der Waals surface area (Å²) in [6.45, 7) is 3.92. The number of unbranched alkanes of at least 4 members (excludes halogenated alkanes) is 9. The predicted octanol–water partition coefficient (Wildman–Crippen LogP) is 2.37. The van der Waals surface area contributed by atoms with Crippen molar-refractivity contribution in [3.8, 4) is 0 Å². The van der Waals surface area contributed by atoms with Crippen LogP contribution in [-0.4, -0.2) is 13.0 Å². The normalized spacial score (nSPS) is 11.3. The maximum Gasteiger partial charge on any atom is 1.00 e. The number of rotatable bonds is 12. The SMILES string of the molecule is CCCCCCCCCCCCc1cccc(C)c1S(=O)(=O)[O-].[K+]. The summed E-state index contributed by atoms with van der Waals surface area (Å²) in [6, 6.07) is 5.29. The number of hydrogen-bond acceptors (Lipinski definition) is 3. The third-order valence-corrected chi connectivity index (χ3v) is 5.43. The minimum atomic E-state index is -4.38. The third-order valence-electron chi connectivity index (χ3n) is 4.34. The van der Waals surface area contributed by atoms with Crippen LogP contribution in [0.1, 0.15) is 82.3 Å².